The summed E-state index contributed by atoms with van der Waals surface area (Å²) in [4.78, 5) is 27.6. The van der Waals surface area contributed by atoms with E-state index in [0.717, 1.165) is 36.3 Å². The number of likely N-dealkylation sites (N-methyl/N-ethyl adjacent to an activating group) is 1. The lowest BCUT2D eigenvalue weighted by Crippen LogP contribution is -3.11. The van der Waals surface area contributed by atoms with E-state index >= 15 is 0 Å². The Kier molecular flexibility index (Phi) is 4.40. The highest BCUT2D eigenvalue weighted by Crippen LogP contribution is 2.44. The number of benzene rings is 2. The topological polar surface area (TPSA) is 67.9 Å². The minimum Gasteiger partial charge on any atom is -0.337 e. The maximum absolute atomic E-state index is 13.5. The number of fused-ring (bicyclic) bond motifs is 3. The molecule has 1 amide bonds. The van der Waals surface area contributed by atoms with Gasteiger partial charge in [-0.15, -0.1) is 0 Å². The maximum Gasteiger partial charge on any atom is 0.282 e. The van der Waals surface area contributed by atoms with Crippen LogP contribution in [0.1, 0.15) is 33.8 Å². The molecule has 6 nitrogen and oxygen atoms in total. The van der Waals surface area contributed by atoms with E-state index < -0.39 is 4.92 Å². The van der Waals surface area contributed by atoms with Crippen LogP contribution in [0.3, 0.4) is 0 Å². The van der Waals surface area contributed by atoms with Crippen LogP contribution in [-0.2, 0) is 0 Å². The van der Waals surface area contributed by atoms with Gasteiger partial charge in [0.15, 0.2) is 0 Å². The first kappa shape index (κ1) is 17.9. The van der Waals surface area contributed by atoms with E-state index in [1.54, 1.807) is 4.90 Å². The largest absolute Gasteiger partial charge is 0.337 e. The number of piperidine rings is 1. The van der Waals surface area contributed by atoms with Crippen LogP contribution in [-0.4, -0.2) is 37.0 Å². The number of rotatable bonds is 2. The molecule has 1 saturated heterocycles. The van der Waals surface area contributed by atoms with Gasteiger partial charge < -0.3 is 9.80 Å². The lowest BCUT2D eigenvalue weighted by atomic mass is 9.88. The van der Waals surface area contributed by atoms with Gasteiger partial charge in [0.25, 0.3) is 11.6 Å². The predicted molar refractivity (Wildman–Crippen MR) is 104 cm³/mol. The lowest BCUT2D eigenvalue weighted by Gasteiger charge is -2.34. The molecule has 0 bridgehead atoms. The molecule has 2 aliphatic rings. The molecule has 1 N–H and O–H groups in total. The molecule has 140 valence electrons. The van der Waals surface area contributed by atoms with Gasteiger partial charge in [0.05, 0.1) is 37.0 Å². The van der Waals surface area contributed by atoms with Gasteiger partial charge in [0.2, 0.25) is 0 Å². The molecule has 0 aliphatic carbocycles. The van der Waals surface area contributed by atoms with E-state index in [0.29, 0.717) is 5.02 Å². The minimum absolute atomic E-state index is 0.0246. The first-order valence-corrected chi connectivity index (χ1v) is 9.44. The van der Waals surface area contributed by atoms with E-state index in [1.165, 1.54) is 23.1 Å². The van der Waals surface area contributed by atoms with Gasteiger partial charge >= 0.3 is 0 Å². The minimum atomic E-state index is -0.522. The van der Waals surface area contributed by atoms with Crippen molar-refractivity contribution < 1.29 is 14.6 Å². The zero-order valence-corrected chi connectivity index (χ0v) is 16.0. The van der Waals surface area contributed by atoms with Crippen molar-refractivity contribution in [3.63, 3.8) is 0 Å². The summed E-state index contributed by atoms with van der Waals surface area (Å²) in [7, 11) is 2.16. The van der Waals surface area contributed by atoms with Gasteiger partial charge in [-0.05, 0) is 30.7 Å². The molecule has 1 unspecified atom stereocenters. The van der Waals surface area contributed by atoms with E-state index in [4.69, 9.17) is 11.6 Å². The molecule has 27 heavy (non-hydrogen) atoms. The molecule has 2 aromatic carbocycles. The van der Waals surface area contributed by atoms with Crippen molar-refractivity contribution in [2.24, 2.45) is 0 Å². The molecule has 0 aromatic heterocycles. The molecule has 0 saturated carbocycles. The third-order valence-corrected chi connectivity index (χ3v) is 5.91. The molecule has 7 heteroatoms. The third-order valence-electron chi connectivity index (χ3n) is 5.68. The Morgan fingerprint density at radius 3 is 2.81 bits per heavy atom. The number of carbonyl (C=O) groups excluding carboxylic acids is 1. The second-order valence-corrected chi connectivity index (χ2v) is 7.97. The monoisotopic (exact) mass is 386 g/mol. The zero-order valence-electron chi connectivity index (χ0n) is 15.2. The molecule has 2 aromatic rings. The quantitative estimate of drug-likeness (QED) is 0.637. The molecule has 2 heterocycles. The summed E-state index contributed by atoms with van der Waals surface area (Å²) in [5.74, 6) is -0.0998. The van der Waals surface area contributed by atoms with Crippen LogP contribution in [0.25, 0.3) is 0 Å². The first-order chi connectivity index (χ1) is 12.9. The van der Waals surface area contributed by atoms with Gasteiger partial charge in [0, 0.05) is 23.2 Å². The molecule has 4 rings (SSSR count). The Hall–Kier alpha value is -2.44. The second kappa shape index (κ2) is 6.62. The van der Waals surface area contributed by atoms with Crippen molar-refractivity contribution in [3.05, 3.63) is 68.2 Å². The average molecular weight is 387 g/mol. The van der Waals surface area contributed by atoms with Crippen LogP contribution in [0.15, 0.2) is 36.4 Å². The lowest BCUT2D eigenvalue weighted by molar-refractivity contribution is -0.886. The van der Waals surface area contributed by atoms with Crippen molar-refractivity contribution in [1.82, 2.24) is 0 Å². The Morgan fingerprint density at radius 1 is 1.30 bits per heavy atom. The number of amides is 1. The summed E-state index contributed by atoms with van der Waals surface area (Å²) in [6, 6.07) is 10.3. The molecular formula is C20H21ClN3O3+. The SMILES string of the molecule is Cc1ccc2c(c1)[C@H]1C[NH+](C)CC[C@@H]1N2C(=O)c1cc(Cl)ccc1[N+](=O)[O-]. The van der Waals surface area contributed by atoms with Crippen LogP contribution >= 0.6 is 11.6 Å². The first-order valence-electron chi connectivity index (χ1n) is 9.06. The van der Waals surface area contributed by atoms with Crippen LogP contribution in [0.4, 0.5) is 11.4 Å². The number of halogens is 1. The summed E-state index contributed by atoms with van der Waals surface area (Å²) in [5, 5.41) is 11.8. The van der Waals surface area contributed by atoms with Crippen LogP contribution in [0.5, 0.6) is 0 Å². The highest BCUT2D eigenvalue weighted by Gasteiger charge is 2.46. The smallest absolute Gasteiger partial charge is 0.282 e. The number of nitro benzene ring substituents is 1. The molecule has 0 radical (unpaired) electrons. The summed E-state index contributed by atoms with van der Waals surface area (Å²) < 4.78 is 0. The molecule has 1 fully saturated rings. The van der Waals surface area contributed by atoms with Crippen molar-refractivity contribution in [2.75, 3.05) is 25.0 Å². The van der Waals surface area contributed by atoms with E-state index in [2.05, 4.69) is 13.1 Å². The Morgan fingerprint density at radius 2 is 2.07 bits per heavy atom. The highest BCUT2D eigenvalue weighted by atomic mass is 35.5. The van der Waals surface area contributed by atoms with Gasteiger partial charge in [-0.2, -0.15) is 0 Å². The van der Waals surface area contributed by atoms with Gasteiger partial charge in [0.1, 0.15) is 5.56 Å². The van der Waals surface area contributed by atoms with Crippen molar-refractivity contribution >= 4 is 28.9 Å². The second-order valence-electron chi connectivity index (χ2n) is 7.53. The molecule has 3 atom stereocenters. The number of quaternary nitrogens is 1. The number of nitro groups is 1. The van der Waals surface area contributed by atoms with Crippen LogP contribution in [0, 0.1) is 17.0 Å². The number of hydrogen-bond acceptors (Lipinski definition) is 3. The summed E-state index contributed by atoms with van der Waals surface area (Å²) in [5.41, 5.74) is 3.02. The Balaban J connectivity index is 1.83. The standard InChI is InChI=1S/C20H20ClN3O3/c1-12-3-5-17-14(9-12)16-11-22(2)8-7-18(16)23(17)20(25)15-10-13(21)4-6-19(15)24(26)27/h3-6,9-10,16,18H,7-8,11H2,1-2H3/p+1/t16-,18+/m1/s1. The fourth-order valence-electron chi connectivity index (χ4n) is 4.43. The van der Waals surface area contributed by atoms with E-state index in [1.807, 2.05) is 19.1 Å². The van der Waals surface area contributed by atoms with Gasteiger partial charge in [-0.3, -0.25) is 14.9 Å². The van der Waals surface area contributed by atoms with Crippen molar-refractivity contribution in [2.45, 2.75) is 25.3 Å². The van der Waals surface area contributed by atoms with Gasteiger partial charge in [-0.25, -0.2) is 0 Å². The Bertz CT molecular complexity index is 946. The molecular weight excluding hydrogens is 366 g/mol. The number of carbonyl (C=O) groups is 1. The Labute approximate surface area is 162 Å². The number of likely N-dealkylation sites (tertiary alicyclic amines) is 1. The van der Waals surface area contributed by atoms with Crippen LogP contribution < -0.4 is 9.80 Å². The van der Waals surface area contributed by atoms with Gasteiger partial charge in [-0.1, -0.05) is 29.3 Å². The molecule has 0 spiro atoms. The summed E-state index contributed by atoms with van der Waals surface area (Å²) in [6.07, 6.45) is 0.865. The normalized spacial score (nSPS) is 23.7. The maximum atomic E-state index is 13.5. The van der Waals surface area contributed by atoms with Crippen LogP contribution in [0.2, 0.25) is 5.02 Å². The fourth-order valence-corrected chi connectivity index (χ4v) is 4.60. The van der Waals surface area contributed by atoms with Crippen molar-refractivity contribution in [3.8, 4) is 0 Å². The van der Waals surface area contributed by atoms with E-state index in [-0.39, 0.29) is 29.1 Å². The van der Waals surface area contributed by atoms with E-state index in [9.17, 15) is 14.9 Å². The fraction of sp³-hybridized carbons (Fsp3) is 0.350. The highest BCUT2D eigenvalue weighted by molar-refractivity contribution is 6.31. The number of anilines is 1. The summed E-state index contributed by atoms with van der Waals surface area (Å²) in [6.45, 7) is 3.96. The third kappa shape index (κ3) is 2.99. The predicted octanol–water partition coefficient (Wildman–Crippen LogP) is 2.59. The number of nitrogens with zero attached hydrogens (tertiary/aromatic N) is 2. The van der Waals surface area contributed by atoms with Crippen molar-refractivity contribution in [1.29, 1.82) is 0 Å². The number of hydrogen-bond donors (Lipinski definition) is 1. The number of nitrogens with one attached hydrogen (secondary N) is 1. The molecule has 2 aliphatic heterocycles. The number of aryl methyl sites for hydroxylation is 1. The average Bonchev–Trinajstić information content (AvgIpc) is 2.93. The zero-order chi connectivity index (χ0) is 19.3. The summed E-state index contributed by atoms with van der Waals surface area (Å²) >= 11 is 6.05.